The van der Waals surface area contributed by atoms with Gasteiger partial charge in [0.25, 0.3) is 0 Å². The summed E-state index contributed by atoms with van der Waals surface area (Å²) < 4.78 is 2.64. The lowest BCUT2D eigenvalue weighted by molar-refractivity contribution is 1.07. The first-order valence-corrected chi connectivity index (χ1v) is 33.7. The fourth-order valence-corrected chi connectivity index (χ4v) is 15.2. The lowest BCUT2D eigenvalue weighted by atomic mass is 9.91. The van der Waals surface area contributed by atoms with Crippen LogP contribution < -0.4 is 0 Å². The number of thiophene rings is 1. The van der Waals surface area contributed by atoms with Crippen LogP contribution >= 0.6 is 11.3 Å². The van der Waals surface area contributed by atoms with Crippen LogP contribution in [0.15, 0.2) is 352 Å². The summed E-state index contributed by atoms with van der Waals surface area (Å²) in [7, 11) is 0. The minimum Gasteiger partial charge on any atom is -0.248 e. The second kappa shape index (κ2) is 24.4. The van der Waals surface area contributed by atoms with E-state index in [-0.39, 0.29) is 0 Å². The molecule has 0 spiro atoms. The SMILES string of the molecule is c1ccc(-c2cc(-c3cccc(-c4ccc(-c5cccc(-c6cccc7c6sc6ccccc67)c5)cc4)c3)cc(-c3cccc(-c4ccc(-c5nc(-c6ccccc6)nc(-c6cccc(-c7cccc(-c8ccc9c%10ccccc%10c%10ccccc%10c9c8)c7)c6)n5)cc4)c3)n2)cc1. The third-order valence-corrected chi connectivity index (χ3v) is 20.1. The Labute approximate surface area is 566 Å². The number of nitrogens with zero attached hydrogens (tertiary/aromatic N) is 4. The van der Waals surface area contributed by atoms with Crippen molar-refractivity contribution in [3.05, 3.63) is 352 Å². The third kappa shape index (κ3) is 10.9. The summed E-state index contributed by atoms with van der Waals surface area (Å²) in [6.45, 7) is 0. The Balaban J connectivity index is 0.632. The summed E-state index contributed by atoms with van der Waals surface area (Å²) in [5.41, 5.74) is 22.7. The van der Waals surface area contributed by atoms with E-state index in [1.54, 1.807) is 0 Å². The van der Waals surface area contributed by atoms with E-state index < -0.39 is 0 Å². The molecule has 0 unspecified atom stereocenters. The second-order valence-corrected chi connectivity index (χ2v) is 25.9. The van der Waals surface area contributed by atoms with Gasteiger partial charge >= 0.3 is 0 Å². The molecule has 15 aromatic carbocycles. The lowest BCUT2D eigenvalue weighted by Crippen LogP contribution is -2.00. The number of rotatable bonds is 12. The zero-order valence-corrected chi connectivity index (χ0v) is 53.5. The van der Waals surface area contributed by atoms with E-state index in [4.69, 9.17) is 19.9 Å². The van der Waals surface area contributed by atoms with Crippen molar-refractivity contribution >= 4 is 63.8 Å². The summed E-state index contributed by atoms with van der Waals surface area (Å²) in [6, 6.07) is 126. The summed E-state index contributed by atoms with van der Waals surface area (Å²) >= 11 is 1.87. The van der Waals surface area contributed by atoms with Crippen molar-refractivity contribution in [3.63, 3.8) is 0 Å². The van der Waals surface area contributed by atoms with E-state index in [0.717, 1.165) is 89.3 Å². The molecule has 3 heterocycles. The molecule has 0 saturated carbocycles. The summed E-state index contributed by atoms with van der Waals surface area (Å²) in [5.74, 6) is 1.82. The number of benzene rings is 15. The first-order valence-electron chi connectivity index (χ1n) is 32.9. The van der Waals surface area contributed by atoms with Gasteiger partial charge in [-0.2, -0.15) is 0 Å². The molecule has 0 aliphatic carbocycles. The fraction of sp³-hybridized carbons (Fsp3) is 0. The van der Waals surface area contributed by atoms with Crippen LogP contribution in [-0.2, 0) is 0 Å². The van der Waals surface area contributed by atoms with Gasteiger partial charge in [-0.3, -0.25) is 0 Å². The average molecular weight is 1250 g/mol. The largest absolute Gasteiger partial charge is 0.248 e. The number of pyridine rings is 1. The number of hydrogen-bond donors (Lipinski definition) is 0. The first-order chi connectivity index (χ1) is 48.0. The normalized spacial score (nSPS) is 11.5. The molecule has 4 nitrogen and oxygen atoms in total. The van der Waals surface area contributed by atoms with Crippen molar-refractivity contribution in [2.45, 2.75) is 0 Å². The van der Waals surface area contributed by atoms with Gasteiger partial charge in [-0.1, -0.05) is 297 Å². The smallest absolute Gasteiger partial charge is 0.164 e. The van der Waals surface area contributed by atoms with Crippen LogP contribution in [0.3, 0.4) is 0 Å². The summed E-state index contributed by atoms with van der Waals surface area (Å²) in [6.07, 6.45) is 0. The van der Waals surface area contributed by atoms with Crippen LogP contribution in [-0.4, -0.2) is 19.9 Å². The highest BCUT2D eigenvalue weighted by Crippen LogP contribution is 2.43. The van der Waals surface area contributed by atoms with Gasteiger partial charge in [0, 0.05) is 48.0 Å². The fourth-order valence-electron chi connectivity index (χ4n) is 14.0. The van der Waals surface area contributed by atoms with Crippen molar-refractivity contribution in [2.24, 2.45) is 0 Å². The van der Waals surface area contributed by atoms with Gasteiger partial charge in [0.05, 0.1) is 11.4 Å². The van der Waals surface area contributed by atoms with Gasteiger partial charge in [-0.25, -0.2) is 19.9 Å². The van der Waals surface area contributed by atoms with Crippen LogP contribution in [0.5, 0.6) is 0 Å². The molecule has 0 saturated heterocycles. The van der Waals surface area contributed by atoms with Gasteiger partial charge in [0.15, 0.2) is 17.5 Å². The molecule has 0 N–H and O–H groups in total. The van der Waals surface area contributed by atoms with Crippen LogP contribution in [0.1, 0.15) is 0 Å². The van der Waals surface area contributed by atoms with Gasteiger partial charge in [-0.15, -0.1) is 11.3 Å². The first kappa shape index (κ1) is 57.2. The van der Waals surface area contributed by atoms with Gasteiger partial charge in [0.1, 0.15) is 0 Å². The standard InChI is InChI=1S/C92H58N4S/c1-3-19-62(20-4-1)86-57-76(71-29-13-23-65(51-71)59-41-43-60(44-42-59)66-24-15-30-73(53-66)77-38-18-39-84-83-37-11-12-40-88(83)97-89(77)84)58-87(93-86)74-31-16-25-67(54-74)61-45-47-64(48-46-61)91-94-90(63-21-5-2-6-22-63)95-92(96-91)75-32-17-28-70(55-75)68-26-14-27-69(52-68)72-49-50-82-80-35-8-7-33-78(80)79-34-9-10-36-81(79)85(82)56-72/h1-58H. The molecule has 0 bridgehead atoms. The lowest BCUT2D eigenvalue weighted by Gasteiger charge is -2.13. The maximum absolute atomic E-state index is 5.37. The van der Waals surface area contributed by atoms with Gasteiger partial charge < -0.3 is 0 Å². The Morgan fingerprint density at radius 3 is 1.06 bits per heavy atom. The molecule has 0 fully saturated rings. The van der Waals surface area contributed by atoms with Gasteiger partial charge in [-0.05, 0) is 165 Å². The van der Waals surface area contributed by atoms with E-state index in [2.05, 4.69) is 334 Å². The summed E-state index contributed by atoms with van der Waals surface area (Å²) in [4.78, 5) is 20.9. The van der Waals surface area contributed by atoms with Crippen molar-refractivity contribution in [1.82, 2.24) is 19.9 Å². The monoisotopic (exact) mass is 1250 g/mol. The Hall–Kier alpha value is -12.5. The summed E-state index contributed by atoms with van der Waals surface area (Å²) in [5, 5.41) is 10.2. The molecule has 0 amide bonds. The Morgan fingerprint density at radius 2 is 0.495 bits per heavy atom. The van der Waals surface area contributed by atoms with Crippen LogP contribution in [0, 0.1) is 0 Å². The Bertz CT molecular complexity index is 6020. The number of fused-ring (bicyclic) bond motifs is 9. The third-order valence-electron chi connectivity index (χ3n) is 18.9. The zero-order chi connectivity index (χ0) is 64.2. The van der Waals surface area contributed by atoms with E-state index in [0.29, 0.717) is 17.5 Å². The molecule has 0 atom stereocenters. The van der Waals surface area contributed by atoms with Crippen molar-refractivity contribution in [1.29, 1.82) is 0 Å². The van der Waals surface area contributed by atoms with E-state index in [1.165, 1.54) is 80.3 Å². The molecule has 3 aromatic heterocycles. The van der Waals surface area contributed by atoms with Crippen LogP contribution in [0.4, 0.5) is 0 Å². The molecule has 18 aromatic rings. The highest BCUT2D eigenvalue weighted by Gasteiger charge is 2.18. The molecule has 97 heavy (non-hydrogen) atoms. The van der Waals surface area contributed by atoms with Crippen LogP contribution in [0.25, 0.3) is 187 Å². The predicted octanol–water partition coefficient (Wildman–Crippen LogP) is 25.1. The van der Waals surface area contributed by atoms with E-state index in [1.807, 2.05) is 29.5 Å². The molecular formula is C92H58N4S. The van der Waals surface area contributed by atoms with Gasteiger partial charge in [0.2, 0.25) is 0 Å². The minimum absolute atomic E-state index is 0.599. The molecule has 452 valence electrons. The Morgan fingerprint density at radius 1 is 0.165 bits per heavy atom. The minimum atomic E-state index is 0.599. The van der Waals surface area contributed by atoms with Crippen molar-refractivity contribution < 1.29 is 0 Å². The molecule has 0 aliphatic rings. The van der Waals surface area contributed by atoms with E-state index >= 15 is 0 Å². The second-order valence-electron chi connectivity index (χ2n) is 24.9. The maximum atomic E-state index is 5.37. The van der Waals surface area contributed by atoms with Crippen molar-refractivity contribution in [3.8, 4) is 135 Å². The maximum Gasteiger partial charge on any atom is 0.164 e. The van der Waals surface area contributed by atoms with Crippen LogP contribution in [0.2, 0.25) is 0 Å². The molecule has 0 radical (unpaired) electrons. The quantitative estimate of drug-likeness (QED) is 0.114. The highest BCUT2D eigenvalue weighted by atomic mass is 32.1. The van der Waals surface area contributed by atoms with E-state index in [9.17, 15) is 0 Å². The Kier molecular flexibility index (Phi) is 14.4. The highest BCUT2D eigenvalue weighted by molar-refractivity contribution is 7.26. The molecular weight excluding hydrogens is 1190 g/mol. The zero-order valence-electron chi connectivity index (χ0n) is 52.7. The number of hydrogen-bond acceptors (Lipinski definition) is 5. The topological polar surface area (TPSA) is 51.6 Å². The number of aromatic nitrogens is 4. The average Bonchev–Trinajstić information content (AvgIpc) is 0.863. The predicted molar refractivity (Wildman–Crippen MR) is 408 cm³/mol. The molecule has 0 aliphatic heterocycles. The molecule has 18 rings (SSSR count). The van der Waals surface area contributed by atoms with Crippen molar-refractivity contribution in [2.75, 3.05) is 0 Å². The molecule has 5 heteroatoms.